The van der Waals surface area contributed by atoms with Crippen LogP contribution in [0.25, 0.3) is 0 Å². The van der Waals surface area contributed by atoms with Crippen LogP contribution in [0.5, 0.6) is 0 Å². The fourth-order valence-electron chi connectivity index (χ4n) is 2.42. The molecule has 0 saturated carbocycles. The van der Waals surface area contributed by atoms with Gasteiger partial charge in [0, 0.05) is 50.0 Å². The molecule has 1 atom stereocenters. The van der Waals surface area contributed by atoms with Crippen molar-refractivity contribution in [1.82, 2.24) is 9.55 Å². The molecule has 1 aromatic heterocycles. The van der Waals surface area contributed by atoms with E-state index in [2.05, 4.69) is 4.98 Å². The molecule has 2 nitrogen and oxygen atoms in total. The van der Waals surface area contributed by atoms with Gasteiger partial charge in [-0.25, -0.2) is 4.98 Å². The van der Waals surface area contributed by atoms with Crippen LogP contribution in [0.4, 0.5) is 0 Å². The summed E-state index contributed by atoms with van der Waals surface area (Å²) in [5.41, 5.74) is 2.08. The van der Waals surface area contributed by atoms with Gasteiger partial charge in [0.15, 0.2) is 0 Å². The highest BCUT2D eigenvalue weighted by Gasteiger charge is 2.17. The Morgan fingerprint density at radius 2 is 1.68 bits per heavy atom. The molecule has 3 aromatic rings. The zero-order chi connectivity index (χ0) is 17.8. The Morgan fingerprint density at radius 1 is 0.960 bits per heavy atom. The van der Waals surface area contributed by atoms with Crippen molar-refractivity contribution in [3.05, 3.63) is 86.3 Å². The second-order valence-corrected chi connectivity index (χ2v) is 8.34. The summed E-state index contributed by atoms with van der Waals surface area (Å²) < 4.78 is 2.03. The van der Waals surface area contributed by atoms with Crippen molar-refractivity contribution in [3.63, 3.8) is 0 Å². The molecule has 130 valence electrons. The summed E-state index contributed by atoms with van der Waals surface area (Å²) >= 11 is 26.5. The lowest BCUT2D eigenvalue weighted by molar-refractivity contribution is 0.683. The number of hydrogen-bond acceptors (Lipinski definition) is 2. The highest BCUT2D eigenvalue weighted by Crippen LogP contribution is 2.39. The van der Waals surface area contributed by atoms with Gasteiger partial charge in [-0.3, -0.25) is 0 Å². The average molecular weight is 432 g/mol. The Labute approximate surface area is 171 Å². The normalized spacial score (nSPS) is 12.3. The Hall–Kier alpha value is -0.840. The maximum absolute atomic E-state index is 6.43. The third-order valence-electron chi connectivity index (χ3n) is 3.70. The molecule has 0 aliphatic carbocycles. The minimum atomic E-state index is 0.130. The standard InChI is InChI=1S/C18H14Cl4N2S/c19-13-2-1-12(16(21)7-13)10-25-18(9-24-6-5-23-11-24)15-4-3-14(20)8-17(15)22/h1-8,11,18H,9-10H2. The first-order valence-electron chi connectivity index (χ1n) is 7.49. The molecule has 1 heterocycles. The van der Waals surface area contributed by atoms with Crippen LogP contribution in [0.3, 0.4) is 0 Å². The minimum Gasteiger partial charge on any atom is -0.336 e. The van der Waals surface area contributed by atoms with E-state index in [4.69, 9.17) is 46.4 Å². The molecule has 2 aromatic carbocycles. The number of halogens is 4. The number of rotatable bonds is 6. The molecule has 1 unspecified atom stereocenters. The molecule has 0 aliphatic rings. The summed E-state index contributed by atoms with van der Waals surface area (Å²) in [5.74, 6) is 0.744. The molecule has 0 N–H and O–H groups in total. The molecule has 7 heteroatoms. The van der Waals surface area contributed by atoms with Crippen LogP contribution < -0.4 is 0 Å². The molecule has 0 radical (unpaired) electrons. The maximum atomic E-state index is 6.43. The summed E-state index contributed by atoms with van der Waals surface area (Å²) in [6.07, 6.45) is 5.50. The van der Waals surface area contributed by atoms with Crippen LogP contribution >= 0.6 is 58.2 Å². The molecule has 0 saturated heterocycles. The maximum Gasteiger partial charge on any atom is 0.0946 e. The third-order valence-corrected chi connectivity index (χ3v) is 6.13. The number of aromatic nitrogens is 2. The molecule has 25 heavy (non-hydrogen) atoms. The molecule has 0 aliphatic heterocycles. The van der Waals surface area contributed by atoms with Crippen molar-refractivity contribution >= 4 is 58.2 Å². The van der Waals surface area contributed by atoms with E-state index in [1.54, 1.807) is 36.4 Å². The quantitative estimate of drug-likeness (QED) is 0.411. The van der Waals surface area contributed by atoms with Crippen LogP contribution in [0.2, 0.25) is 20.1 Å². The van der Waals surface area contributed by atoms with Gasteiger partial charge < -0.3 is 4.57 Å². The van der Waals surface area contributed by atoms with Crippen LogP contribution in [0.1, 0.15) is 16.4 Å². The third kappa shape index (κ3) is 5.08. The van der Waals surface area contributed by atoms with Crippen molar-refractivity contribution in [1.29, 1.82) is 0 Å². The van der Waals surface area contributed by atoms with Gasteiger partial charge in [-0.2, -0.15) is 0 Å². The zero-order valence-corrected chi connectivity index (χ0v) is 16.8. The summed E-state index contributed by atoms with van der Waals surface area (Å²) in [4.78, 5) is 4.11. The van der Waals surface area contributed by atoms with E-state index in [1.165, 1.54) is 0 Å². The monoisotopic (exact) mass is 430 g/mol. The number of imidazole rings is 1. The Kier molecular flexibility index (Phi) is 6.59. The van der Waals surface area contributed by atoms with E-state index >= 15 is 0 Å². The highest BCUT2D eigenvalue weighted by molar-refractivity contribution is 7.98. The van der Waals surface area contributed by atoms with Gasteiger partial charge in [0.05, 0.1) is 6.33 Å². The summed E-state index contributed by atoms with van der Waals surface area (Å²) in [6, 6.07) is 11.2. The molecular formula is C18H14Cl4N2S. The molecule has 0 bridgehead atoms. The molecule has 0 spiro atoms. The Bertz CT molecular complexity index is 852. The molecule has 3 rings (SSSR count). The first-order valence-corrected chi connectivity index (χ1v) is 10.0. The number of hydrogen-bond donors (Lipinski definition) is 0. The zero-order valence-electron chi connectivity index (χ0n) is 13.0. The Morgan fingerprint density at radius 3 is 2.32 bits per heavy atom. The number of nitrogens with zero attached hydrogens (tertiary/aromatic N) is 2. The van der Waals surface area contributed by atoms with Gasteiger partial charge >= 0.3 is 0 Å². The van der Waals surface area contributed by atoms with Gasteiger partial charge in [0.25, 0.3) is 0 Å². The van der Waals surface area contributed by atoms with Crippen LogP contribution in [0.15, 0.2) is 55.1 Å². The van der Waals surface area contributed by atoms with Crippen molar-refractivity contribution < 1.29 is 0 Å². The lowest BCUT2D eigenvalue weighted by atomic mass is 10.1. The van der Waals surface area contributed by atoms with Gasteiger partial charge in [-0.1, -0.05) is 58.5 Å². The van der Waals surface area contributed by atoms with Crippen molar-refractivity contribution in [2.45, 2.75) is 17.5 Å². The van der Waals surface area contributed by atoms with E-state index in [9.17, 15) is 0 Å². The minimum absolute atomic E-state index is 0.130. The SMILES string of the molecule is Clc1ccc(CSC(Cn2ccnc2)c2ccc(Cl)cc2Cl)c(Cl)c1. The van der Waals surface area contributed by atoms with E-state index in [1.807, 2.05) is 35.0 Å². The van der Waals surface area contributed by atoms with E-state index in [0.29, 0.717) is 20.1 Å². The predicted octanol–water partition coefficient (Wildman–Crippen LogP) is 7.17. The van der Waals surface area contributed by atoms with E-state index in [0.717, 1.165) is 23.4 Å². The number of benzene rings is 2. The largest absolute Gasteiger partial charge is 0.336 e. The molecule has 0 fully saturated rings. The first-order chi connectivity index (χ1) is 12.0. The summed E-state index contributed by atoms with van der Waals surface area (Å²) in [7, 11) is 0. The fourth-order valence-corrected chi connectivity index (χ4v) is 4.87. The first kappa shape index (κ1) is 18.9. The topological polar surface area (TPSA) is 17.8 Å². The highest BCUT2D eigenvalue weighted by atomic mass is 35.5. The van der Waals surface area contributed by atoms with Crippen molar-refractivity contribution in [3.8, 4) is 0 Å². The van der Waals surface area contributed by atoms with Gasteiger partial charge in [0.2, 0.25) is 0 Å². The molecular weight excluding hydrogens is 418 g/mol. The van der Waals surface area contributed by atoms with Crippen molar-refractivity contribution in [2.75, 3.05) is 0 Å². The van der Waals surface area contributed by atoms with Gasteiger partial charge in [-0.05, 0) is 35.4 Å². The predicted molar refractivity (Wildman–Crippen MR) is 109 cm³/mol. The summed E-state index contributed by atoms with van der Waals surface area (Å²) in [6.45, 7) is 0.747. The van der Waals surface area contributed by atoms with Crippen LogP contribution in [0, 0.1) is 0 Å². The van der Waals surface area contributed by atoms with Gasteiger partial charge in [-0.15, -0.1) is 11.8 Å². The summed E-state index contributed by atoms with van der Waals surface area (Å²) in [5, 5.41) is 2.72. The van der Waals surface area contributed by atoms with Crippen LogP contribution in [-0.4, -0.2) is 9.55 Å². The lowest BCUT2D eigenvalue weighted by Crippen LogP contribution is -2.06. The fraction of sp³-hybridized carbons (Fsp3) is 0.167. The second kappa shape index (κ2) is 8.70. The van der Waals surface area contributed by atoms with Crippen LogP contribution in [-0.2, 0) is 12.3 Å². The van der Waals surface area contributed by atoms with E-state index < -0.39 is 0 Å². The Balaban J connectivity index is 1.83. The lowest BCUT2D eigenvalue weighted by Gasteiger charge is -2.19. The second-order valence-electron chi connectivity index (χ2n) is 5.46. The smallest absolute Gasteiger partial charge is 0.0946 e. The van der Waals surface area contributed by atoms with E-state index in [-0.39, 0.29) is 5.25 Å². The molecule has 0 amide bonds. The van der Waals surface area contributed by atoms with Gasteiger partial charge in [0.1, 0.15) is 0 Å². The average Bonchev–Trinajstić information content (AvgIpc) is 3.06. The van der Waals surface area contributed by atoms with Crippen molar-refractivity contribution in [2.24, 2.45) is 0 Å². The number of thioether (sulfide) groups is 1.